The van der Waals surface area contributed by atoms with Crippen molar-refractivity contribution in [2.45, 2.75) is 13.0 Å². The molecule has 4 nitrogen and oxygen atoms in total. The van der Waals surface area contributed by atoms with Crippen molar-refractivity contribution < 1.29 is 9.53 Å². The smallest absolute Gasteiger partial charge is 0.221 e. The molecule has 1 aliphatic rings. The van der Waals surface area contributed by atoms with Crippen molar-refractivity contribution in [1.82, 2.24) is 5.32 Å². The fraction of sp³-hybridized carbons (Fsp3) is 0.364. The molecular formula is C11H15ClN2O2. The first-order valence-electron chi connectivity index (χ1n) is 4.99. The Labute approximate surface area is 101 Å². The number of rotatable bonds is 3. The van der Waals surface area contributed by atoms with Crippen molar-refractivity contribution in [2.24, 2.45) is 0 Å². The maximum Gasteiger partial charge on any atom is 0.221 e. The number of ether oxygens (including phenoxy) is 1. The molecule has 0 radical (unpaired) electrons. The minimum atomic E-state index is -0.0631. The minimum Gasteiger partial charge on any atom is -0.488 e. The Bertz CT molecular complexity index is 350. The number of carbonyl (C=O) groups excluding carboxylic acids is 1. The summed E-state index contributed by atoms with van der Waals surface area (Å²) < 4.78 is 5.64. The molecule has 0 spiro atoms. The predicted octanol–water partition coefficient (Wildman–Crippen LogP) is 1.42. The van der Waals surface area contributed by atoms with Gasteiger partial charge in [0.05, 0.1) is 0 Å². The summed E-state index contributed by atoms with van der Waals surface area (Å²) in [7, 11) is 0. The second-order valence-corrected chi connectivity index (χ2v) is 3.60. The van der Waals surface area contributed by atoms with Gasteiger partial charge < -0.3 is 15.4 Å². The van der Waals surface area contributed by atoms with Gasteiger partial charge in [0.1, 0.15) is 11.9 Å². The maximum absolute atomic E-state index is 10.8. The maximum atomic E-state index is 10.8. The SMILES string of the molecule is CC(=O)Nc1ccc(OC2CNC2)cc1.Cl. The highest BCUT2D eigenvalue weighted by atomic mass is 35.5. The van der Waals surface area contributed by atoms with Gasteiger partial charge in [0.15, 0.2) is 0 Å². The highest BCUT2D eigenvalue weighted by Gasteiger charge is 2.17. The molecule has 16 heavy (non-hydrogen) atoms. The lowest BCUT2D eigenvalue weighted by atomic mass is 10.2. The molecule has 0 atom stereocenters. The van der Waals surface area contributed by atoms with E-state index in [9.17, 15) is 4.79 Å². The second-order valence-electron chi connectivity index (χ2n) is 3.60. The van der Waals surface area contributed by atoms with Crippen LogP contribution in [0.2, 0.25) is 0 Å². The molecule has 0 unspecified atom stereocenters. The Balaban J connectivity index is 0.00000128. The summed E-state index contributed by atoms with van der Waals surface area (Å²) in [4.78, 5) is 10.8. The summed E-state index contributed by atoms with van der Waals surface area (Å²) in [6.07, 6.45) is 0.289. The molecule has 0 aliphatic carbocycles. The molecule has 2 rings (SSSR count). The van der Waals surface area contributed by atoms with Crippen LogP contribution >= 0.6 is 12.4 Å². The van der Waals surface area contributed by atoms with Crippen LogP contribution in [0.3, 0.4) is 0 Å². The average Bonchev–Trinajstić information content (AvgIpc) is 2.13. The molecule has 1 aromatic carbocycles. The van der Waals surface area contributed by atoms with E-state index < -0.39 is 0 Å². The van der Waals surface area contributed by atoms with Crippen molar-refractivity contribution >= 4 is 24.0 Å². The highest BCUT2D eigenvalue weighted by molar-refractivity contribution is 5.88. The van der Waals surface area contributed by atoms with E-state index in [4.69, 9.17) is 4.74 Å². The molecule has 5 heteroatoms. The van der Waals surface area contributed by atoms with E-state index in [2.05, 4.69) is 10.6 Å². The van der Waals surface area contributed by atoms with Crippen LogP contribution in [0.15, 0.2) is 24.3 Å². The third-order valence-corrected chi connectivity index (χ3v) is 2.22. The van der Waals surface area contributed by atoms with Crippen LogP contribution in [0.5, 0.6) is 5.75 Å². The van der Waals surface area contributed by atoms with Gasteiger partial charge in [-0.3, -0.25) is 4.79 Å². The van der Waals surface area contributed by atoms with E-state index in [1.807, 2.05) is 24.3 Å². The first-order chi connectivity index (χ1) is 7.24. The Morgan fingerprint density at radius 3 is 2.44 bits per heavy atom. The fourth-order valence-corrected chi connectivity index (χ4v) is 1.36. The molecule has 0 bridgehead atoms. The third kappa shape index (κ3) is 3.40. The lowest BCUT2D eigenvalue weighted by molar-refractivity contribution is -0.114. The van der Waals surface area contributed by atoms with Crippen molar-refractivity contribution in [3.8, 4) is 5.75 Å². The number of hydrogen-bond donors (Lipinski definition) is 2. The molecule has 0 aromatic heterocycles. The third-order valence-electron chi connectivity index (χ3n) is 2.22. The molecular weight excluding hydrogens is 228 g/mol. The van der Waals surface area contributed by atoms with Gasteiger partial charge in [0, 0.05) is 25.7 Å². The summed E-state index contributed by atoms with van der Waals surface area (Å²) in [6.45, 7) is 3.31. The highest BCUT2D eigenvalue weighted by Crippen LogP contribution is 2.17. The Kier molecular flexibility index (Phi) is 4.58. The van der Waals surface area contributed by atoms with E-state index in [1.165, 1.54) is 6.92 Å². The van der Waals surface area contributed by atoms with Crippen LogP contribution in [0.4, 0.5) is 5.69 Å². The molecule has 88 valence electrons. The van der Waals surface area contributed by atoms with Gasteiger partial charge in [-0.25, -0.2) is 0 Å². The lowest BCUT2D eigenvalue weighted by Gasteiger charge is -2.27. The van der Waals surface area contributed by atoms with Gasteiger partial charge in [0.2, 0.25) is 5.91 Å². The number of anilines is 1. The molecule has 1 amide bonds. The molecule has 2 N–H and O–H groups in total. The van der Waals surface area contributed by atoms with Crippen molar-refractivity contribution in [3.63, 3.8) is 0 Å². The van der Waals surface area contributed by atoms with Crippen LogP contribution in [0.1, 0.15) is 6.92 Å². The number of benzene rings is 1. The van der Waals surface area contributed by atoms with Gasteiger partial charge in [-0.05, 0) is 24.3 Å². The Morgan fingerprint density at radius 2 is 2.00 bits per heavy atom. The molecule has 0 saturated carbocycles. The van der Waals surface area contributed by atoms with Gasteiger partial charge >= 0.3 is 0 Å². The molecule has 1 heterocycles. The summed E-state index contributed by atoms with van der Waals surface area (Å²) in [6, 6.07) is 7.40. The topological polar surface area (TPSA) is 50.4 Å². The largest absolute Gasteiger partial charge is 0.488 e. The number of amides is 1. The van der Waals surface area contributed by atoms with E-state index in [0.29, 0.717) is 0 Å². The zero-order valence-corrected chi connectivity index (χ0v) is 9.84. The van der Waals surface area contributed by atoms with Gasteiger partial charge in [-0.1, -0.05) is 0 Å². The number of carbonyl (C=O) groups is 1. The Morgan fingerprint density at radius 1 is 1.38 bits per heavy atom. The summed E-state index contributed by atoms with van der Waals surface area (Å²) in [5.74, 6) is 0.780. The summed E-state index contributed by atoms with van der Waals surface area (Å²) in [5.41, 5.74) is 0.793. The molecule has 1 fully saturated rings. The van der Waals surface area contributed by atoms with E-state index in [0.717, 1.165) is 24.5 Å². The normalized spacial score (nSPS) is 14.6. The summed E-state index contributed by atoms with van der Waals surface area (Å²) in [5, 5.41) is 5.84. The Hall–Kier alpha value is -1.26. The van der Waals surface area contributed by atoms with Crippen molar-refractivity contribution in [2.75, 3.05) is 18.4 Å². The first kappa shape index (κ1) is 12.8. The van der Waals surface area contributed by atoms with Crippen molar-refractivity contribution in [3.05, 3.63) is 24.3 Å². The van der Waals surface area contributed by atoms with Gasteiger partial charge in [-0.15, -0.1) is 12.4 Å². The second kappa shape index (κ2) is 5.72. The zero-order chi connectivity index (χ0) is 10.7. The van der Waals surface area contributed by atoms with Crippen LogP contribution in [-0.2, 0) is 4.79 Å². The predicted molar refractivity (Wildman–Crippen MR) is 65.3 cm³/mol. The lowest BCUT2D eigenvalue weighted by Crippen LogP contribution is -2.50. The fourth-order valence-electron chi connectivity index (χ4n) is 1.36. The monoisotopic (exact) mass is 242 g/mol. The van der Waals surface area contributed by atoms with Crippen molar-refractivity contribution in [1.29, 1.82) is 0 Å². The number of halogens is 1. The van der Waals surface area contributed by atoms with Crippen LogP contribution in [0, 0.1) is 0 Å². The van der Waals surface area contributed by atoms with Gasteiger partial charge in [0.25, 0.3) is 0 Å². The number of hydrogen-bond acceptors (Lipinski definition) is 3. The molecule has 1 aromatic rings. The van der Waals surface area contributed by atoms with Gasteiger partial charge in [-0.2, -0.15) is 0 Å². The van der Waals surface area contributed by atoms with E-state index in [-0.39, 0.29) is 24.4 Å². The van der Waals surface area contributed by atoms with Crippen LogP contribution in [-0.4, -0.2) is 25.1 Å². The van der Waals surface area contributed by atoms with E-state index in [1.54, 1.807) is 0 Å². The van der Waals surface area contributed by atoms with E-state index >= 15 is 0 Å². The average molecular weight is 243 g/mol. The molecule has 1 saturated heterocycles. The molecule has 1 aliphatic heterocycles. The minimum absolute atomic E-state index is 0. The number of nitrogens with one attached hydrogen (secondary N) is 2. The van der Waals surface area contributed by atoms with Crippen LogP contribution < -0.4 is 15.4 Å². The quantitative estimate of drug-likeness (QED) is 0.843. The first-order valence-corrected chi connectivity index (χ1v) is 4.99. The standard InChI is InChI=1S/C11H14N2O2.ClH/c1-8(14)13-9-2-4-10(5-3-9)15-11-6-12-7-11;/h2-5,11-12H,6-7H2,1H3,(H,13,14);1H. The zero-order valence-electron chi connectivity index (χ0n) is 9.03. The van der Waals surface area contributed by atoms with Crippen LogP contribution in [0.25, 0.3) is 0 Å². The summed E-state index contributed by atoms with van der Waals surface area (Å²) >= 11 is 0.